The summed E-state index contributed by atoms with van der Waals surface area (Å²) < 4.78 is 5.31. The van der Waals surface area contributed by atoms with Gasteiger partial charge in [-0.15, -0.1) is 0 Å². The summed E-state index contributed by atoms with van der Waals surface area (Å²) in [5.74, 6) is 0.0445. The minimum absolute atomic E-state index is 0.0557. The van der Waals surface area contributed by atoms with Crippen molar-refractivity contribution in [2.45, 2.75) is 45.2 Å². The predicted molar refractivity (Wildman–Crippen MR) is 99.7 cm³/mol. The minimum atomic E-state index is -0.811. The summed E-state index contributed by atoms with van der Waals surface area (Å²) in [6.45, 7) is 5.26. The van der Waals surface area contributed by atoms with Crippen LogP contribution in [0, 0.1) is 6.92 Å². The number of carboxylic acids is 1. The van der Waals surface area contributed by atoms with Crippen molar-refractivity contribution in [2.75, 3.05) is 26.7 Å². The highest BCUT2D eigenvalue weighted by molar-refractivity contribution is 5.74. The summed E-state index contributed by atoms with van der Waals surface area (Å²) in [6.07, 6.45) is 2.33. The van der Waals surface area contributed by atoms with Gasteiger partial charge in [0.25, 0.3) is 0 Å². The highest BCUT2D eigenvalue weighted by Gasteiger charge is 2.34. The lowest BCUT2D eigenvalue weighted by Crippen LogP contribution is -2.56. The van der Waals surface area contributed by atoms with Gasteiger partial charge in [-0.25, -0.2) is 4.79 Å². The van der Waals surface area contributed by atoms with E-state index in [4.69, 9.17) is 9.84 Å². The summed E-state index contributed by atoms with van der Waals surface area (Å²) in [7, 11) is 1.65. The number of ether oxygens (including phenoxy) is 1. The summed E-state index contributed by atoms with van der Waals surface area (Å²) in [5, 5.41) is 14.7. The van der Waals surface area contributed by atoms with E-state index in [0.717, 1.165) is 36.1 Å². The molecule has 1 aliphatic rings. The second-order valence-corrected chi connectivity index (χ2v) is 6.73. The maximum Gasteiger partial charge on any atom is 0.317 e. The first-order valence-corrected chi connectivity index (χ1v) is 9.06. The highest BCUT2D eigenvalue weighted by atomic mass is 16.5. The lowest BCUT2D eigenvalue weighted by Gasteiger charge is -2.42. The largest absolute Gasteiger partial charge is 0.496 e. The number of amides is 2. The molecule has 1 aliphatic carbocycles. The van der Waals surface area contributed by atoms with E-state index in [0.29, 0.717) is 13.1 Å². The number of benzene rings is 1. The Kier molecular flexibility index (Phi) is 7.26. The van der Waals surface area contributed by atoms with E-state index >= 15 is 0 Å². The number of hydrogen-bond acceptors (Lipinski definition) is 4. The average molecular weight is 363 g/mol. The fraction of sp³-hybridized carbons (Fsp3) is 0.579. The monoisotopic (exact) mass is 363 g/mol. The third kappa shape index (κ3) is 5.62. The van der Waals surface area contributed by atoms with Gasteiger partial charge in [-0.05, 0) is 49.9 Å². The van der Waals surface area contributed by atoms with Crippen molar-refractivity contribution in [1.82, 2.24) is 15.5 Å². The van der Waals surface area contributed by atoms with Gasteiger partial charge in [-0.3, -0.25) is 9.69 Å². The Morgan fingerprint density at radius 2 is 2.08 bits per heavy atom. The first-order valence-electron chi connectivity index (χ1n) is 9.06. The number of methoxy groups -OCH3 is 1. The third-order valence-corrected chi connectivity index (χ3v) is 4.88. The lowest BCUT2D eigenvalue weighted by molar-refractivity contribution is -0.139. The Labute approximate surface area is 154 Å². The lowest BCUT2D eigenvalue weighted by atomic mass is 9.85. The van der Waals surface area contributed by atoms with Crippen LogP contribution in [-0.4, -0.2) is 60.8 Å². The molecule has 0 saturated heterocycles. The Bertz CT molecular complexity index is 629. The van der Waals surface area contributed by atoms with E-state index in [9.17, 15) is 9.59 Å². The van der Waals surface area contributed by atoms with Crippen LogP contribution in [0.25, 0.3) is 0 Å². The van der Waals surface area contributed by atoms with Crippen LogP contribution in [0.5, 0.6) is 5.75 Å². The molecule has 0 aliphatic heterocycles. The normalized spacial score (nSPS) is 18.9. The van der Waals surface area contributed by atoms with Gasteiger partial charge in [-0.1, -0.05) is 19.1 Å². The molecule has 1 aromatic rings. The van der Waals surface area contributed by atoms with E-state index in [1.807, 2.05) is 36.9 Å². The SMILES string of the molecule is CCN(CC(=O)O)C1CC(NC(=O)NCCc2ccc(C)c(OC)c2)C1. The van der Waals surface area contributed by atoms with Gasteiger partial charge in [0.05, 0.1) is 13.7 Å². The number of aliphatic carboxylic acids is 1. The van der Waals surface area contributed by atoms with Crippen LogP contribution in [0.1, 0.15) is 30.9 Å². The number of hydrogen-bond donors (Lipinski definition) is 3. The van der Waals surface area contributed by atoms with Gasteiger partial charge in [0, 0.05) is 18.6 Å². The van der Waals surface area contributed by atoms with Crippen molar-refractivity contribution in [3.8, 4) is 5.75 Å². The van der Waals surface area contributed by atoms with E-state index in [1.165, 1.54) is 0 Å². The molecule has 144 valence electrons. The van der Waals surface area contributed by atoms with Gasteiger partial charge in [0.2, 0.25) is 0 Å². The summed E-state index contributed by atoms with van der Waals surface area (Å²) in [5.41, 5.74) is 2.20. The van der Waals surface area contributed by atoms with Crippen molar-refractivity contribution >= 4 is 12.0 Å². The Balaban J connectivity index is 1.66. The van der Waals surface area contributed by atoms with Gasteiger partial charge < -0.3 is 20.5 Å². The van der Waals surface area contributed by atoms with Gasteiger partial charge in [0.15, 0.2) is 0 Å². The van der Waals surface area contributed by atoms with E-state index in [-0.39, 0.29) is 24.7 Å². The first-order chi connectivity index (χ1) is 12.4. The van der Waals surface area contributed by atoms with Crippen LogP contribution in [0.4, 0.5) is 4.79 Å². The van der Waals surface area contributed by atoms with Crippen molar-refractivity contribution in [2.24, 2.45) is 0 Å². The molecule has 3 N–H and O–H groups in total. The average Bonchev–Trinajstić information content (AvgIpc) is 2.57. The van der Waals surface area contributed by atoms with Crippen LogP contribution in [0.2, 0.25) is 0 Å². The highest BCUT2D eigenvalue weighted by Crippen LogP contribution is 2.25. The molecule has 0 radical (unpaired) electrons. The molecule has 7 heteroatoms. The number of carbonyl (C=O) groups excluding carboxylic acids is 1. The summed E-state index contributed by atoms with van der Waals surface area (Å²) in [4.78, 5) is 24.8. The molecule has 0 bridgehead atoms. The van der Waals surface area contributed by atoms with Gasteiger partial charge in [-0.2, -0.15) is 0 Å². The van der Waals surface area contributed by atoms with Crippen molar-refractivity contribution in [3.63, 3.8) is 0 Å². The third-order valence-electron chi connectivity index (χ3n) is 4.88. The molecular formula is C19H29N3O4. The summed E-state index contributed by atoms with van der Waals surface area (Å²) in [6, 6.07) is 6.22. The minimum Gasteiger partial charge on any atom is -0.496 e. The van der Waals surface area contributed by atoms with E-state index in [2.05, 4.69) is 10.6 Å². The molecule has 1 fully saturated rings. The second-order valence-electron chi connectivity index (χ2n) is 6.73. The fourth-order valence-corrected chi connectivity index (χ4v) is 3.25. The number of carboxylic acid groups (broad SMARTS) is 1. The topological polar surface area (TPSA) is 90.9 Å². The number of rotatable bonds is 9. The maximum absolute atomic E-state index is 12.0. The molecule has 0 heterocycles. The van der Waals surface area contributed by atoms with E-state index in [1.54, 1.807) is 7.11 Å². The first kappa shape index (κ1) is 20.0. The number of nitrogens with zero attached hydrogens (tertiary/aromatic N) is 1. The van der Waals surface area contributed by atoms with Crippen LogP contribution in [0.15, 0.2) is 18.2 Å². The van der Waals surface area contributed by atoms with Crippen LogP contribution < -0.4 is 15.4 Å². The van der Waals surface area contributed by atoms with Crippen molar-refractivity contribution in [1.29, 1.82) is 0 Å². The number of nitrogens with one attached hydrogen (secondary N) is 2. The van der Waals surface area contributed by atoms with E-state index < -0.39 is 5.97 Å². The molecule has 0 aromatic heterocycles. The zero-order valence-corrected chi connectivity index (χ0v) is 15.7. The molecule has 0 unspecified atom stereocenters. The van der Waals surface area contributed by atoms with Gasteiger partial charge in [0.1, 0.15) is 5.75 Å². The second kappa shape index (κ2) is 9.43. The Morgan fingerprint density at radius 3 is 2.69 bits per heavy atom. The molecular weight excluding hydrogens is 334 g/mol. The molecule has 2 rings (SSSR count). The fourth-order valence-electron chi connectivity index (χ4n) is 3.25. The molecule has 2 amide bonds. The zero-order chi connectivity index (χ0) is 19.1. The smallest absolute Gasteiger partial charge is 0.317 e. The molecule has 1 saturated carbocycles. The molecule has 0 atom stereocenters. The quantitative estimate of drug-likeness (QED) is 0.622. The number of carbonyl (C=O) groups is 2. The van der Waals surface area contributed by atoms with Gasteiger partial charge >= 0.3 is 12.0 Å². The van der Waals surface area contributed by atoms with Crippen LogP contribution >= 0.6 is 0 Å². The standard InChI is InChI=1S/C19H29N3O4/c1-4-22(12-18(23)24)16-10-15(11-16)21-19(25)20-8-7-14-6-5-13(2)17(9-14)26-3/h5-6,9,15-16H,4,7-8,10-12H2,1-3H3,(H,23,24)(H2,20,21,25). The maximum atomic E-state index is 12.0. The van der Waals surface area contributed by atoms with Crippen molar-refractivity contribution in [3.05, 3.63) is 29.3 Å². The number of urea groups is 1. The predicted octanol–water partition coefficient (Wildman–Crippen LogP) is 1.78. The zero-order valence-electron chi connectivity index (χ0n) is 15.7. The van der Waals surface area contributed by atoms with Crippen LogP contribution in [-0.2, 0) is 11.2 Å². The number of aryl methyl sites for hydroxylation is 1. The molecule has 7 nitrogen and oxygen atoms in total. The molecule has 1 aromatic carbocycles. The Hall–Kier alpha value is -2.28. The molecule has 26 heavy (non-hydrogen) atoms. The van der Waals surface area contributed by atoms with Crippen molar-refractivity contribution < 1.29 is 19.4 Å². The Morgan fingerprint density at radius 1 is 1.35 bits per heavy atom. The number of likely N-dealkylation sites (N-methyl/N-ethyl adjacent to an activating group) is 1. The summed E-state index contributed by atoms with van der Waals surface area (Å²) >= 11 is 0. The van der Waals surface area contributed by atoms with Crippen LogP contribution in [0.3, 0.4) is 0 Å². The molecule has 0 spiro atoms.